The van der Waals surface area contributed by atoms with Crippen LogP contribution in [-0.4, -0.2) is 17.5 Å². The number of hydrogen-bond acceptors (Lipinski definition) is 3. The zero-order valence-corrected chi connectivity index (χ0v) is 8.68. The van der Waals surface area contributed by atoms with E-state index in [1.54, 1.807) is 0 Å². The first-order valence-corrected chi connectivity index (χ1v) is 5.26. The predicted octanol–water partition coefficient (Wildman–Crippen LogP) is 2.80. The molecule has 0 aromatic heterocycles. The van der Waals surface area contributed by atoms with Gasteiger partial charge in [0.15, 0.2) is 0 Å². The number of oxime groups is 1. The number of rotatable bonds is 0. The zero-order valence-electron chi connectivity index (χ0n) is 8.68. The molecule has 0 spiro atoms. The van der Waals surface area contributed by atoms with Gasteiger partial charge < -0.3 is 9.94 Å². The van der Waals surface area contributed by atoms with E-state index in [0.29, 0.717) is 18.7 Å². The molecular formula is C13H11NO2. The van der Waals surface area contributed by atoms with Crippen LogP contribution in [0.3, 0.4) is 0 Å². The summed E-state index contributed by atoms with van der Waals surface area (Å²) in [6.07, 6.45) is 0.650. The molecule has 3 nitrogen and oxygen atoms in total. The normalized spacial score (nSPS) is 17.1. The quantitative estimate of drug-likeness (QED) is 0.540. The summed E-state index contributed by atoms with van der Waals surface area (Å²) in [7, 11) is 0. The van der Waals surface area contributed by atoms with Crippen LogP contribution in [0.25, 0.3) is 10.8 Å². The van der Waals surface area contributed by atoms with E-state index in [-0.39, 0.29) is 0 Å². The first-order chi connectivity index (χ1) is 7.90. The van der Waals surface area contributed by atoms with Crippen LogP contribution in [0, 0.1) is 0 Å². The second kappa shape index (κ2) is 3.52. The van der Waals surface area contributed by atoms with Crippen LogP contribution in [-0.2, 0) is 0 Å². The molecule has 2 aromatic carbocycles. The van der Waals surface area contributed by atoms with E-state index < -0.39 is 0 Å². The minimum absolute atomic E-state index is 0.574. The predicted molar refractivity (Wildman–Crippen MR) is 62.4 cm³/mol. The molecule has 1 aliphatic heterocycles. The van der Waals surface area contributed by atoms with Gasteiger partial charge in [0.1, 0.15) is 5.75 Å². The van der Waals surface area contributed by atoms with Crippen molar-refractivity contribution in [1.29, 1.82) is 0 Å². The zero-order chi connectivity index (χ0) is 11.0. The molecule has 0 saturated heterocycles. The average molecular weight is 213 g/mol. The summed E-state index contributed by atoms with van der Waals surface area (Å²) in [4.78, 5) is 0. The molecule has 0 atom stereocenters. The summed E-state index contributed by atoms with van der Waals surface area (Å²) in [6.45, 7) is 0.574. The highest BCUT2D eigenvalue weighted by molar-refractivity contribution is 6.13. The summed E-state index contributed by atoms with van der Waals surface area (Å²) in [5.41, 5.74) is 1.63. The second-order valence-electron chi connectivity index (χ2n) is 3.80. The highest BCUT2D eigenvalue weighted by Gasteiger charge is 2.19. The maximum atomic E-state index is 9.03. The Morgan fingerprint density at radius 1 is 1.12 bits per heavy atom. The third-order valence-corrected chi connectivity index (χ3v) is 2.90. The summed E-state index contributed by atoms with van der Waals surface area (Å²) >= 11 is 0. The van der Waals surface area contributed by atoms with E-state index in [9.17, 15) is 0 Å². The Hall–Kier alpha value is -2.03. The maximum Gasteiger partial charge on any atom is 0.129 e. The van der Waals surface area contributed by atoms with Crippen LogP contribution in [0.2, 0.25) is 0 Å². The fourth-order valence-electron chi connectivity index (χ4n) is 2.15. The van der Waals surface area contributed by atoms with Gasteiger partial charge in [-0.15, -0.1) is 0 Å². The second-order valence-corrected chi connectivity index (χ2v) is 3.80. The van der Waals surface area contributed by atoms with Crippen LogP contribution >= 0.6 is 0 Å². The molecule has 3 rings (SSSR count). The van der Waals surface area contributed by atoms with Crippen molar-refractivity contribution >= 4 is 16.5 Å². The van der Waals surface area contributed by atoms with Crippen molar-refractivity contribution in [2.24, 2.45) is 5.16 Å². The lowest BCUT2D eigenvalue weighted by molar-refractivity contribution is 0.298. The van der Waals surface area contributed by atoms with Gasteiger partial charge in [-0.1, -0.05) is 35.5 Å². The number of fused-ring (bicyclic) bond motifs is 3. The first-order valence-electron chi connectivity index (χ1n) is 5.26. The van der Waals surface area contributed by atoms with Crippen molar-refractivity contribution in [2.45, 2.75) is 6.42 Å². The van der Waals surface area contributed by atoms with Gasteiger partial charge in [0.2, 0.25) is 0 Å². The Morgan fingerprint density at radius 3 is 2.88 bits per heavy atom. The topological polar surface area (TPSA) is 41.8 Å². The maximum absolute atomic E-state index is 9.03. The molecular weight excluding hydrogens is 202 g/mol. The summed E-state index contributed by atoms with van der Waals surface area (Å²) in [5, 5.41) is 14.6. The standard InChI is InChI=1S/C13H11NO2/c15-14-11-7-8-16-12-6-5-9-3-1-2-4-10(9)13(11)12/h1-6,15H,7-8H2/b14-11-. The van der Waals surface area contributed by atoms with Crippen molar-refractivity contribution in [3.05, 3.63) is 42.0 Å². The molecule has 0 amide bonds. The Bertz CT molecular complexity index is 575. The van der Waals surface area contributed by atoms with Crippen LogP contribution < -0.4 is 4.74 Å². The van der Waals surface area contributed by atoms with Crippen LogP contribution in [0.15, 0.2) is 41.6 Å². The summed E-state index contributed by atoms with van der Waals surface area (Å²) in [5.74, 6) is 0.803. The molecule has 1 aliphatic rings. The Labute approximate surface area is 93.0 Å². The molecule has 1 N–H and O–H groups in total. The Balaban J connectivity index is 2.39. The van der Waals surface area contributed by atoms with E-state index in [0.717, 1.165) is 22.1 Å². The van der Waals surface area contributed by atoms with Gasteiger partial charge in [-0.3, -0.25) is 0 Å². The summed E-state index contributed by atoms with van der Waals surface area (Å²) < 4.78 is 5.57. The average Bonchev–Trinajstić information content (AvgIpc) is 2.37. The number of hydrogen-bond donors (Lipinski definition) is 1. The number of nitrogens with zero attached hydrogens (tertiary/aromatic N) is 1. The van der Waals surface area contributed by atoms with Crippen molar-refractivity contribution in [3.8, 4) is 5.75 Å². The van der Waals surface area contributed by atoms with Crippen molar-refractivity contribution in [2.75, 3.05) is 6.61 Å². The molecule has 80 valence electrons. The highest BCUT2D eigenvalue weighted by atomic mass is 16.5. The van der Waals surface area contributed by atoms with Gasteiger partial charge >= 0.3 is 0 Å². The fourth-order valence-corrected chi connectivity index (χ4v) is 2.15. The largest absolute Gasteiger partial charge is 0.492 e. The van der Waals surface area contributed by atoms with Gasteiger partial charge in [0, 0.05) is 12.0 Å². The molecule has 1 heterocycles. The third kappa shape index (κ3) is 1.25. The lowest BCUT2D eigenvalue weighted by atomic mass is 9.97. The van der Waals surface area contributed by atoms with Crippen LogP contribution in [0.1, 0.15) is 12.0 Å². The molecule has 0 unspecified atom stereocenters. The number of benzene rings is 2. The van der Waals surface area contributed by atoms with Crippen molar-refractivity contribution in [3.63, 3.8) is 0 Å². The van der Waals surface area contributed by atoms with Crippen molar-refractivity contribution < 1.29 is 9.94 Å². The van der Waals surface area contributed by atoms with Gasteiger partial charge in [-0.25, -0.2) is 0 Å². The van der Waals surface area contributed by atoms with E-state index >= 15 is 0 Å². The van der Waals surface area contributed by atoms with Gasteiger partial charge in [0.05, 0.1) is 12.3 Å². The van der Waals surface area contributed by atoms with E-state index in [1.807, 2.05) is 36.4 Å². The van der Waals surface area contributed by atoms with Gasteiger partial charge in [0.25, 0.3) is 0 Å². The van der Waals surface area contributed by atoms with Gasteiger partial charge in [-0.05, 0) is 16.8 Å². The highest BCUT2D eigenvalue weighted by Crippen LogP contribution is 2.32. The molecule has 0 bridgehead atoms. The molecule has 0 aliphatic carbocycles. The minimum Gasteiger partial charge on any atom is -0.492 e. The lowest BCUT2D eigenvalue weighted by Crippen LogP contribution is -2.16. The van der Waals surface area contributed by atoms with E-state index in [2.05, 4.69) is 5.16 Å². The fraction of sp³-hybridized carbons (Fsp3) is 0.154. The molecule has 2 aromatic rings. The third-order valence-electron chi connectivity index (χ3n) is 2.90. The molecule has 0 radical (unpaired) electrons. The molecule has 16 heavy (non-hydrogen) atoms. The molecule has 0 saturated carbocycles. The van der Waals surface area contributed by atoms with Crippen molar-refractivity contribution in [1.82, 2.24) is 0 Å². The SMILES string of the molecule is O/N=C1/CCOc2ccc3ccccc3c21. The van der Waals surface area contributed by atoms with Crippen LogP contribution in [0.4, 0.5) is 0 Å². The number of ether oxygens (including phenoxy) is 1. The summed E-state index contributed by atoms with van der Waals surface area (Å²) in [6, 6.07) is 12.0. The van der Waals surface area contributed by atoms with Crippen LogP contribution in [0.5, 0.6) is 5.75 Å². The lowest BCUT2D eigenvalue weighted by Gasteiger charge is -2.19. The monoisotopic (exact) mass is 213 g/mol. The minimum atomic E-state index is 0.574. The Kier molecular flexibility index (Phi) is 2.03. The molecule has 3 heteroatoms. The first kappa shape index (κ1) is 9.21. The Morgan fingerprint density at radius 2 is 2.00 bits per heavy atom. The van der Waals surface area contributed by atoms with Gasteiger partial charge in [-0.2, -0.15) is 0 Å². The molecule has 0 fully saturated rings. The van der Waals surface area contributed by atoms with E-state index in [4.69, 9.17) is 9.94 Å². The van der Waals surface area contributed by atoms with E-state index in [1.165, 1.54) is 0 Å². The smallest absolute Gasteiger partial charge is 0.129 e.